The Balaban J connectivity index is 0.00000133. The largest absolute Gasteiger partial charge is 0.343 e. The van der Waals surface area contributed by atoms with Crippen molar-refractivity contribution in [3.05, 3.63) is 0 Å². The average Bonchev–Trinajstić information content (AvgIpc) is 2.87. The summed E-state index contributed by atoms with van der Waals surface area (Å²) in [6.45, 7) is 3.22. The van der Waals surface area contributed by atoms with Crippen molar-refractivity contribution in [2.45, 2.75) is 57.4 Å². The molecular formula is C15H27ClN2O. The molecule has 3 nitrogen and oxygen atoms in total. The Hall–Kier alpha value is -0.280. The molecule has 110 valence electrons. The molecule has 1 atom stereocenters. The third-order valence-electron chi connectivity index (χ3n) is 5.25. The number of hydrogen-bond acceptors (Lipinski definition) is 2. The van der Waals surface area contributed by atoms with Gasteiger partial charge in [-0.1, -0.05) is 6.42 Å². The fourth-order valence-electron chi connectivity index (χ4n) is 3.74. The minimum Gasteiger partial charge on any atom is -0.343 e. The first-order valence-electron chi connectivity index (χ1n) is 7.84. The summed E-state index contributed by atoms with van der Waals surface area (Å²) in [5.74, 6) is 1.96. The Morgan fingerprint density at radius 3 is 2.32 bits per heavy atom. The standard InChI is InChI=1S/C15H26N2O.ClH/c18-15(11-12-3-1-4-12)17-9-6-13(7-10-17)14-5-2-8-16-14;/h12-14,16H,1-11H2;1H. The molecule has 1 unspecified atom stereocenters. The van der Waals surface area contributed by atoms with Crippen LogP contribution in [0.1, 0.15) is 51.4 Å². The minimum atomic E-state index is 0. The summed E-state index contributed by atoms with van der Waals surface area (Å²) in [4.78, 5) is 14.3. The molecule has 0 radical (unpaired) electrons. The van der Waals surface area contributed by atoms with Crippen LogP contribution < -0.4 is 5.32 Å². The quantitative estimate of drug-likeness (QED) is 0.865. The molecule has 0 spiro atoms. The topological polar surface area (TPSA) is 32.3 Å². The van der Waals surface area contributed by atoms with Crippen LogP contribution in [0.15, 0.2) is 0 Å². The van der Waals surface area contributed by atoms with Crippen LogP contribution in [0.5, 0.6) is 0 Å². The minimum absolute atomic E-state index is 0. The van der Waals surface area contributed by atoms with Gasteiger partial charge in [0.2, 0.25) is 5.91 Å². The van der Waals surface area contributed by atoms with Crippen molar-refractivity contribution in [2.75, 3.05) is 19.6 Å². The van der Waals surface area contributed by atoms with Gasteiger partial charge in [-0.3, -0.25) is 4.79 Å². The lowest BCUT2D eigenvalue weighted by atomic mass is 9.82. The molecule has 4 heteroatoms. The van der Waals surface area contributed by atoms with Crippen LogP contribution in [0.2, 0.25) is 0 Å². The number of amides is 1. The number of halogens is 1. The molecule has 3 fully saturated rings. The predicted molar refractivity (Wildman–Crippen MR) is 79.5 cm³/mol. The van der Waals surface area contributed by atoms with Crippen molar-refractivity contribution in [3.63, 3.8) is 0 Å². The molecular weight excluding hydrogens is 260 g/mol. The summed E-state index contributed by atoms with van der Waals surface area (Å²) in [5.41, 5.74) is 0. The fraction of sp³-hybridized carbons (Fsp3) is 0.933. The van der Waals surface area contributed by atoms with Gasteiger partial charge in [0.05, 0.1) is 0 Å². The Morgan fingerprint density at radius 1 is 1.05 bits per heavy atom. The Kier molecular flexibility index (Phi) is 5.52. The lowest BCUT2D eigenvalue weighted by molar-refractivity contribution is -0.134. The molecule has 0 bridgehead atoms. The summed E-state index contributed by atoms with van der Waals surface area (Å²) in [6, 6.07) is 0.744. The molecule has 3 aliphatic rings. The molecule has 0 aromatic heterocycles. The number of hydrogen-bond donors (Lipinski definition) is 1. The van der Waals surface area contributed by atoms with Crippen LogP contribution in [0.25, 0.3) is 0 Å². The summed E-state index contributed by atoms with van der Waals surface area (Å²) >= 11 is 0. The van der Waals surface area contributed by atoms with E-state index in [4.69, 9.17) is 0 Å². The number of nitrogens with zero attached hydrogens (tertiary/aromatic N) is 1. The van der Waals surface area contributed by atoms with Crippen molar-refractivity contribution in [1.82, 2.24) is 10.2 Å². The van der Waals surface area contributed by atoms with Gasteiger partial charge in [-0.15, -0.1) is 12.4 Å². The maximum Gasteiger partial charge on any atom is 0.222 e. The van der Waals surface area contributed by atoms with E-state index in [9.17, 15) is 4.79 Å². The zero-order chi connectivity index (χ0) is 12.4. The van der Waals surface area contributed by atoms with E-state index in [0.29, 0.717) is 11.8 Å². The SMILES string of the molecule is Cl.O=C(CC1CCC1)N1CCC(C2CCCN2)CC1. The third kappa shape index (κ3) is 3.63. The van der Waals surface area contributed by atoms with Crippen LogP contribution in [0, 0.1) is 11.8 Å². The first kappa shape index (κ1) is 15.1. The molecule has 19 heavy (non-hydrogen) atoms. The van der Waals surface area contributed by atoms with E-state index < -0.39 is 0 Å². The molecule has 1 saturated carbocycles. The molecule has 1 N–H and O–H groups in total. The Morgan fingerprint density at radius 2 is 1.79 bits per heavy atom. The highest BCUT2D eigenvalue weighted by molar-refractivity contribution is 5.85. The van der Waals surface area contributed by atoms with Crippen LogP contribution in [-0.2, 0) is 4.79 Å². The van der Waals surface area contributed by atoms with E-state index in [0.717, 1.165) is 31.5 Å². The smallest absolute Gasteiger partial charge is 0.222 e. The van der Waals surface area contributed by atoms with Gasteiger partial charge in [-0.05, 0) is 56.9 Å². The molecule has 2 heterocycles. The number of rotatable bonds is 3. The van der Waals surface area contributed by atoms with E-state index in [1.807, 2.05) is 0 Å². The van der Waals surface area contributed by atoms with Gasteiger partial charge >= 0.3 is 0 Å². The molecule has 1 aliphatic carbocycles. The van der Waals surface area contributed by atoms with Crippen LogP contribution in [0.3, 0.4) is 0 Å². The molecule has 3 rings (SSSR count). The Labute approximate surface area is 122 Å². The second-order valence-electron chi connectivity index (χ2n) is 6.42. The van der Waals surface area contributed by atoms with E-state index in [-0.39, 0.29) is 12.4 Å². The molecule has 0 aromatic carbocycles. The number of nitrogens with one attached hydrogen (secondary N) is 1. The second kappa shape index (κ2) is 6.94. The van der Waals surface area contributed by atoms with Gasteiger partial charge in [0, 0.05) is 25.6 Å². The lowest BCUT2D eigenvalue weighted by Gasteiger charge is -2.36. The van der Waals surface area contributed by atoms with Gasteiger partial charge in [-0.2, -0.15) is 0 Å². The maximum atomic E-state index is 12.1. The van der Waals surface area contributed by atoms with Gasteiger partial charge < -0.3 is 10.2 Å². The number of carbonyl (C=O) groups excluding carboxylic acids is 1. The molecule has 2 aliphatic heterocycles. The van der Waals surface area contributed by atoms with E-state index >= 15 is 0 Å². The van der Waals surface area contributed by atoms with E-state index in [2.05, 4.69) is 10.2 Å². The molecule has 1 amide bonds. The van der Waals surface area contributed by atoms with Crippen molar-refractivity contribution in [1.29, 1.82) is 0 Å². The lowest BCUT2D eigenvalue weighted by Crippen LogP contribution is -2.44. The van der Waals surface area contributed by atoms with Gasteiger partial charge in [-0.25, -0.2) is 0 Å². The number of likely N-dealkylation sites (tertiary alicyclic amines) is 1. The van der Waals surface area contributed by atoms with Crippen LogP contribution >= 0.6 is 12.4 Å². The van der Waals surface area contributed by atoms with Crippen molar-refractivity contribution >= 4 is 18.3 Å². The highest BCUT2D eigenvalue weighted by Crippen LogP contribution is 2.31. The number of piperidine rings is 1. The summed E-state index contributed by atoms with van der Waals surface area (Å²) in [5, 5.41) is 3.62. The summed E-state index contributed by atoms with van der Waals surface area (Å²) in [7, 11) is 0. The van der Waals surface area contributed by atoms with E-state index in [1.165, 1.54) is 51.5 Å². The third-order valence-corrected chi connectivity index (χ3v) is 5.25. The predicted octanol–water partition coefficient (Wildman–Crippen LogP) is 2.59. The zero-order valence-electron chi connectivity index (χ0n) is 11.8. The molecule has 0 aromatic rings. The second-order valence-corrected chi connectivity index (χ2v) is 6.42. The zero-order valence-corrected chi connectivity index (χ0v) is 12.6. The number of carbonyl (C=O) groups is 1. The monoisotopic (exact) mass is 286 g/mol. The van der Waals surface area contributed by atoms with Gasteiger partial charge in [0.1, 0.15) is 0 Å². The Bertz CT molecular complexity index is 293. The fourth-order valence-corrected chi connectivity index (χ4v) is 3.74. The van der Waals surface area contributed by atoms with Gasteiger partial charge in [0.25, 0.3) is 0 Å². The van der Waals surface area contributed by atoms with Crippen LogP contribution in [-0.4, -0.2) is 36.5 Å². The van der Waals surface area contributed by atoms with Crippen molar-refractivity contribution < 1.29 is 4.79 Å². The maximum absolute atomic E-state index is 12.1. The highest BCUT2D eigenvalue weighted by Gasteiger charge is 2.31. The van der Waals surface area contributed by atoms with E-state index in [1.54, 1.807) is 0 Å². The summed E-state index contributed by atoms with van der Waals surface area (Å²) < 4.78 is 0. The highest BCUT2D eigenvalue weighted by atomic mass is 35.5. The first-order valence-corrected chi connectivity index (χ1v) is 7.84. The summed E-state index contributed by atoms with van der Waals surface area (Å²) in [6.07, 6.45) is 9.86. The van der Waals surface area contributed by atoms with Crippen molar-refractivity contribution in [2.24, 2.45) is 11.8 Å². The normalized spacial score (nSPS) is 28.8. The van der Waals surface area contributed by atoms with Crippen molar-refractivity contribution in [3.8, 4) is 0 Å². The van der Waals surface area contributed by atoms with Gasteiger partial charge in [0.15, 0.2) is 0 Å². The van der Waals surface area contributed by atoms with Crippen LogP contribution in [0.4, 0.5) is 0 Å². The average molecular weight is 287 g/mol. The molecule has 2 saturated heterocycles. The first-order chi connectivity index (χ1) is 8.83.